The maximum atomic E-state index is 12.8. The molecule has 11 heteroatoms. The first-order valence-electron chi connectivity index (χ1n) is 11.4. The molecule has 0 radical (unpaired) electrons. The van der Waals surface area contributed by atoms with E-state index in [1.807, 2.05) is 24.3 Å². The summed E-state index contributed by atoms with van der Waals surface area (Å²) in [5, 5.41) is 6.60. The van der Waals surface area contributed by atoms with Crippen LogP contribution in [0.5, 0.6) is 0 Å². The van der Waals surface area contributed by atoms with E-state index in [2.05, 4.69) is 36.6 Å². The molecule has 0 bridgehead atoms. The highest BCUT2D eigenvalue weighted by atomic mass is 79.9. The first kappa shape index (κ1) is 25.3. The van der Waals surface area contributed by atoms with Crippen molar-refractivity contribution >= 4 is 70.9 Å². The van der Waals surface area contributed by atoms with Gasteiger partial charge in [0.1, 0.15) is 16.2 Å². The summed E-state index contributed by atoms with van der Waals surface area (Å²) in [6.07, 6.45) is 4.36. The molecule has 1 aliphatic heterocycles. The van der Waals surface area contributed by atoms with Gasteiger partial charge in [0, 0.05) is 34.2 Å². The lowest BCUT2D eigenvalue weighted by Crippen LogP contribution is -2.35. The highest BCUT2D eigenvalue weighted by molar-refractivity contribution is 9.10. The van der Waals surface area contributed by atoms with Crippen molar-refractivity contribution in [3.63, 3.8) is 0 Å². The molecule has 1 N–H and O–H groups in total. The average molecular weight is 604 g/mol. The largest absolute Gasteiger partial charge is 0.325 e. The van der Waals surface area contributed by atoms with Crippen molar-refractivity contribution in [2.75, 3.05) is 24.2 Å². The monoisotopic (exact) mass is 602 g/mol. The van der Waals surface area contributed by atoms with Crippen molar-refractivity contribution in [2.45, 2.75) is 29.2 Å². The topological polar surface area (TPSA) is 92.3 Å². The predicted molar refractivity (Wildman–Crippen MR) is 149 cm³/mol. The number of benzene rings is 2. The molecule has 5 rings (SSSR count). The van der Waals surface area contributed by atoms with E-state index in [1.54, 1.807) is 35.6 Å². The van der Waals surface area contributed by atoms with E-state index in [1.165, 1.54) is 22.4 Å². The third-order valence-electron chi connectivity index (χ3n) is 5.92. The van der Waals surface area contributed by atoms with Crippen LogP contribution in [0.2, 0.25) is 0 Å². The van der Waals surface area contributed by atoms with Gasteiger partial charge in [0.15, 0.2) is 0 Å². The lowest BCUT2D eigenvalue weighted by molar-refractivity contribution is -0.113. The van der Waals surface area contributed by atoms with Crippen LogP contribution in [0.15, 0.2) is 74.6 Å². The summed E-state index contributed by atoms with van der Waals surface area (Å²) in [7, 11) is -3.50. The van der Waals surface area contributed by atoms with Crippen LogP contribution in [-0.4, -0.2) is 47.4 Å². The van der Waals surface area contributed by atoms with E-state index < -0.39 is 10.0 Å². The minimum atomic E-state index is -3.50. The second-order valence-corrected chi connectivity index (χ2v) is 13.0. The Labute approximate surface area is 226 Å². The summed E-state index contributed by atoms with van der Waals surface area (Å²) in [5.74, 6) is -0.0333. The Morgan fingerprint density at radius 3 is 2.47 bits per heavy atom. The van der Waals surface area contributed by atoms with E-state index >= 15 is 0 Å². The zero-order valence-corrected chi connectivity index (χ0v) is 23.2. The van der Waals surface area contributed by atoms with Crippen molar-refractivity contribution in [1.29, 1.82) is 0 Å². The predicted octanol–water partition coefficient (Wildman–Crippen LogP) is 6.03. The number of halogens is 1. The molecule has 0 unspecified atom stereocenters. The molecule has 186 valence electrons. The second-order valence-electron chi connectivity index (χ2n) is 8.34. The molecule has 3 heterocycles. The summed E-state index contributed by atoms with van der Waals surface area (Å²) in [4.78, 5) is 22.6. The number of carbonyl (C=O) groups excluding carboxylic acids is 1. The van der Waals surface area contributed by atoms with Crippen LogP contribution in [-0.2, 0) is 14.8 Å². The van der Waals surface area contributed by atoms with Crippen LogP contribution in [0.4, 0.5) is 5.69 Å². The van der Waals surface area contributed by atoms with Crippen molar-refractivity contribution in [3.8, 4) is 11.1 Å². The quantitative estimate of drug-likeness (QED) is 0.205. The number of sulfonamides is 1. The number of nitrogens with one attached hydrogen (secondary N) is 1. The van der Waals surface area contributed by atoms with Gasteiger partial charge in [0.25, 0.3) is 0 Å². The van der Waals surface area contributed by atoms with Gasteiger partial charge in [-0.3, -0.25) is 4.79 Å². The van der Waals surface area contributed by atoms with Crippen LogP contribution in [0.1, 0.15) is 19.3 Å². The van der Waals surface area contributed by atoms with E-state index in [0.29, 0.717) is 18.8 Å². The molecule has 0 aliphatic carbocycles. The number of fused-ring (bicyclic) bond motifs is 1. The minimum absolute atomic E-state index is 0.162. The number of piperidine rings is 1. The third-order valence-corrected chi connectivity index (χ3v) is 10.2. The molecule has 0 spiro atoms. The Hall–Kier alpha value is -2.31. The molecule has 1 saturated heterocycles. The van der Waals surface area contributed by atoms with E-state index in [4.69, 9.17) is 0 Å². The van der Waals surface area contributed by atoms with Crippen LogP contribution < -0.4 is 5.32 Å². The van der Waals surface area contributed by atoms with Gasteiger partial charge in [-0.1, -0.05) is 46.2 Å². The van der Waals surface area contributed by atoms with Gasteiger partial charge in [0.2, 0.25) is 15.9 Å². The van der Waals surface area contributed by atoms with Crippen molar-refractivity contribution < 1.29 is 13.2 Å². The molecule has 4 aromatic rings. The average Bonchev–Trinajstić information content (AvgIpc) is 3.34. The zero-order valence-electron chi connectivity index (χ0n) is 19.2. The van der Waals surface area contributed by atoms with Crippen molar-refractivity contribution in [3.05, 3.63) is 64.7 Å². The Morgan fingerprint density at radius 2 is 1.75 bits per heavy atom. The standard InChI is InChI=1S/C25H23BrN4O3S3/c26-18-6-4-17(5-7-18)21-14-34-24-23(21)25(28-16-27-24)35-15-22(31)29-19-8-10-20(11-9-19)36(32,33)30-12-2-1-3-13-30/h4-11,14,16H,1-3,12-13,15H2,(H,29,31). The van der Waals surface area contributed by atoms with Gasteiger partial charge >= 0.3 is 0 Å². The number of rotatable bonds is 7. The number of hydrogen-bond donors (Lipinski definition) is 1. The van der Waals surface area contributed by atoms with Gasteiger partial charge in [0.05, 0.1) is 16.0 Å². The molecule has 0 atom stereocenters. The molecule has 2 aromatic carbocycles. The maximum absolute atomic E-state index is 12.8. The summed E-state index contributed by atoms with van der Waals surface area (Å²) in [6.45, 7) is 1.12. The number of nitrogens with zero attached hydrogens (tertiary/aromatic N) is 3. The fourth-order valence-corrected chi connectivity index (χ4v) is 7.67. The number of hydrogen-bond acceptors (Lipinski definition) is 7. The van der Waals surface area contributed by atoms with Gasteiger partial charge < -0.3 is 5.32 Å². The summed E-state index contributed by atoms with van der Waals surface area (Å²) in [5.41, 5.74) is 2.65. The van der Waals surface area contributed by atoms with E-state index in [-0.39, 0.29) is 16.6 Å². The molecular weight excluding hydrogens is 580 g/mol. The van der Waals surface area contributed by atoms with Crippen molar-refractivity contribution in [1.82, 2.24) is 14.3 Å². The lowest BCUT2D eigenvalue weighted by Gasteiger charge is -2.25. The number of thioether (sulfide) groups is 1. The van der Waals surface area contributed by atoms with Crippen LogP contribution in [0.25, 0.3) is 21.3 Å². The second kappa shape index (κ2) is 11.0. The Kier molecular flexibility index (Phi) is 7.73. The van der Waals surface area contributed by atoms with Gasteiger partial charge in [-0.2, -0.15) is 4.31 Å². The highest BCUT2D eigenvalue weighted by Gasteiger charge is 2.25. The van der Waals surface area contributed by atoms with Crippen LogP contribution >= 0.6 is 39.0 Å². The molecule has 36 heavy (non-hydrogen) atoms. The zero-order chi connectivity index (χ0) is 25.1. The molecule has 0 saturated carbocycles. The smallest absolute Gasteiger partial charge is 0.243 e. The number of aromatic nitrogens is 2. The fourth-order valence-electron chi connectivity index (χ4n) is 4.09. The third kappa shape index (κ3) is 5.50. The Balaban J connectivity index is 1.26. The number of amides is 1. The molecule has 1 amide bonds. The molecular formula is C25H23BrN4O3S3. The SMILES string of the molecule is O=C(CSc1ncnc2scc(-c3ccc(Br)cc3)c12)Nc1ccc(S(=O)(=O)N2CCCCC2)cc1. The Bertz CT molecular complexity index is 1480. The number of carbonyl (C=O) groups is 1. The lowest BCUT2D eigenvalue weighted by atomic mass is 10.1. The summed E-state index contributed by atoms with van der Waals surface area (Å²) < 4.78 is 28.2. The highest BCUT2D eigenvalue weighted by Crippen LogP contribution is 2.38. The number of anilines is 1. The molecule has 7 nitrogen and oxygen atoms in total. The molecule has 1 fully saturated rings. The van der Waals surface area contributed by atoms with Gasteiger partial charge in [-0.05, 0) is 54.8 Å². The first-order valence-corrected chi connectivity index (χ1v) is 15.5. The summed E-state index contributed by atoms with van der Waals surface area (Å²) >= 11 is 6.37. The molecule has 2 aromatic heterocycles. The summed E-state index contributed by atoms with van der Waals surface area (Å²) in [6, 6.07) is 14.4. The van der Waals surface area contributed by atoms with E-state index in [9.17, 15) is 13.2 Å². The van der Waals surface area contributed by atoms with Crippen LogP contribution in [0.3, 0.4) is 0 Å². The van der Waals surface area contributed by atoms with E-state index in [0.717, 1.165) is 50.1 Å². The normalized spacial score (nSPS) is 14.7. The number of thiophene rings is 1. The Morgan fingerprint density at radius 1 is 1.03 bits per heavy atom. The fraction of sp³-hybridized carbons (Fsp3) is 0.240. The van der Waals surface area contributed by atoms with Crippen LogP contribution in [0, 0.1) is 0 Å². The van der Waals surface area contributed by atoms with Crippen molar-refractivity contribution in [2.24, 2.45) is 0 Å². The van der Waals surface area contributed by atoms with Gasteiger partial charge in [-0.25, -0.2) is 18.4 Å². The van der Waals surface area contributed by atoms with Gasteiger partial charge in [-0.15, -0.1) is 11.3 Å². The minimum Gasteiger partial charge on any atom is -0.325 e. The first-order chi connectivity index (χ1) is 17.4. The molecule has 1 aliphatic rings. The maximum Gasteiger partial charge on any atom is 0.243 e.